The highest BCUT2D eigenvalue weighted by atomic mass is 127. The fraction of sp³-hybridized carbons (Fsp3) is 0.444. The molecule has 26 heavy (non-hydrogen) atoms. The Kier molecular flexibility index (Phi) is 11.5. The second-order valence-corrected chi connectivity index (χ2v) is 5.35. The maximum atomic E-state index is 5.65. The molecule has 2 heterocycles. The molecule has 0 atom stereocenters. The minimum atomic E-state index is 0. The maximum Gasteiger partial charge on any atom is 0.218 e. The fourth-order valence-electron chi connectivity index (χ4n) is 2.22. The number of aliphatic imine (C=N–C) groups is 1. The summed E-state index contributed by atoms with van der Waals surface area (Å²) in [5.74, 6) is 1.38. The van der Waals surface area contributed by atoms with Gasteiger partial charge in [0, 0.05) is 50.9 Å². The number of nitrogens with one attached hydrogen (secondary N) is 2. The van der Waals surface area contributed by atoms with Gasteiger partial charge in [0.15, 0.2) is 5.96 Å². The molecule has 0 aliphatic heterocycles. The first-order valence-electron chi connectivity index (χ1n) is 8.52. The molecule has 0 bridgehead atoms. The molecular formula is C18H28IN5O2. The zero-order chi connectivity index (χ0) is 17.7. The third-order valence-electron chi connectivity index (χ3n) is 3.46. The normalized spacial score (nSPS) is 10.9. The van der Waals surface area contributed by atoms with Crippen molar-refractivity contribution in [3.05, 3.63) is 48.4 Å². The van der Waals surface area contributed by atoms with Crippen molar-refractivity contribution >= 4 is 29.9 Å². The maximum absolute atomic E-state index is 5.65. The second-order valence-electron chi connectivity index (χ2n) is 5.35. The molecule has 0 saturated heterocycles. The van der Waals surface area contributed by atoms with Gasteiger partial charge in [-0.2, -0.15) is 0 Å². The molecular weight excluding hydrogens is 445 g/mol. The van der Waals surface area contributed by atoms with Crippen molar-refractivity contribution in [2.45, 2.75) is 20.0 Å². The highest BCUT2D eigenvalue weighted by Gasteiger charge is 2.05. The van der Waals surface area contributed by atoms with Gasteiger partial charge in [-0.15, -0.1) is 24.0 Å². The summed E-state index contributed by atoms with van der Waals surface area (Å²) in [5, 5.41) is 6.59. The summed E-state index contributed by atoms with van der Waals surface area (Å²) in [6.45, 7) is 6.03. The van der Waals surface area contributed by atoms with Gasteiger partial charge in [0.1, 0.15) is 6.61 Å². The molecule has 0 aliphatic carbocycles. The Labute approximate surface area is 172 Å². The van der Waals surface area contributed by atoms with Crippen molar-refractivity contribution in [1.82, 2.24) is 20.2 Å². The quantitative estimate of drug-likeness (QED) is 0.240. The number of halogens is 1. The highest BCUT2D eigenvalue weighted by molar-refractivity contribution is 14.0. The van der Waals surface area contributed by atoms with Crippen molar-refractivity contribution in [3.63, 3.8) is 0 Å². The molecule has 0 radical (unpaired) electrons. The van der Waals surface area contributed by atoms with Gasteiger partial charge in [-0.1, -0.05) is 6.07 Å². The van der Waals surface area contributed by atoms with Crippen molar-refractivity contribution < 1.29 is 9.47 Å². The molecule has 144 valence electrons. The zero-order valence-corrected chi connectivity index (χ0v) is 17.7. The first kappa shape index (κ1) is 22.2. The Hall–Kier alpha value is -1.81. The first-order chi connectivity index (χ1) is 12.3. The number of rotatable bonds is 10. The van der Waals surface area contributed by atoms with Crippen LogP contribution >= 0.6 is 24.0 Å². The summed E-state index contributed by atoms with van der Waals surface area (Å²) < 4.78 is 12.8. The van der Waals surface area contributed by atoms with Crippen LogP contribution in [0.2, 0.25) is 0 Å². The lowest BCUT2D eigenvalue weighted by Crippen LogP contribution is -2.38. The monoisotopic (exact) mass is 473 g/mol. The van der Waals surface area contributed by atoms with Gasteiger partial charge >= 0.3 is 0 Å². The number of guanidine groups is 1. The van der Waals surface area contributed by atoms with E-state index in [-0.39, 0.29) is 24.0 Å². The SMILES string of the molecule is CCNC(=NCc1cccnc1OCCOC)NCCn1cccc1.I. The number of hydrogen-bond acceptors (Lipinski definition) is 4. The van der Waals surface area contributed by atoms with E-state index >= 15 is 0 Å². The number of ether oxygens (including phenoxy) is 2. The van der Waals surface area contributed by atoms with Crippen LogP contribution in [0.4, 0.5) is 0 Å². The smallest absolute Gasteiger partial charge is 0.218 e. The minimum absolute atomic E-state index is 0. The summed E-state index contributed by atoms with van der Waals surface area (Å²) >= 11 is 0. The van der Waals surface area contributed by atoms with Gasteiger partial charge in [0.05, 0.1) is 13.2 Å². The van der Waals surface area contributed by atoms with Gasteiger partial charge in [0.25, 0.3) is 0 Å². The summed E-state index contributed by atoms with van der Waals surface area (Å²) in [5.41, 5.74) is 0.946. The number of pyridine rings is 1. The molecule has 0 fully saturated rings. The summed E-state index contributed by atoms with van der Waals surface area (Å²) in [6, 6.07) is 7.90. The van der Waals surface area contributed by atoms with E-state index in [1.165, 1.54) is 0 Å². The van der Waals surface area contributed by atoms with Gasteiger partial charge in [-0.3, -0.25) is 0 Å². The van der Waals surface area contributed by atoms with Gasteiger partial charge < -0.3 is 24.7 Å². The Bertz CT molecular complexity index is 634. The largest absolute Gasteiger partial charge is 0.475 e. The van der Waals surface area contributed by atoms with Crippen LogP contribution in [-0.4, -0.2) is 48.9 Å². The van der Waals surface area contributed by atoms with E-state index < -0.39 is 0 Å². The third-order valence-corrected chi connectivity index (χ3v) is 3.46. The molecule has 0 unspecified atom stereocenters. The molecule has 0 aromatic carbocycles. The van der Waals surface area contributed by atoms with E-state index in [0.717, 1.165) is 31.2 Å². The molecule has 8 heteroatoms. The summed E-state index contributed by atoms with van der Waals surface area (Å²) in [7, 11) is 1.65. The number of hydrogen-bond donors (Lipinski definition) is 2. The zero-order valence-electron chi connectivity index (χ0n) is 15.4. The van der Waals surface area contributed by atoms with Crippen molar-refractivity contribution in [1.29, 1.82) is 0 Å². The number of aromatic nitrogens is 2. The molecule has 7 nitrogen and oxygen atoms in total. The summed E-state index contributed by atoms with van der Waals surface area (Å²) in [4.78, 5) is 8.90. The number of methoxy groups -OCH3 is 1. The summed E-state index contributed by atoms with van der Waals surface area (Å²) in [6.07, 6.45) is 5.81. The van der Waals surface area contributed by atoms with Gasteiger partial charge in [-0.05, 0) is 25.1 Å². The molecule has 2 aromatic heterocycles. The van der Waals surface area contributed by atoms with Crippen LogP contribution in [-0.2, 0) is 17.8 Å². The van der Waals surface area contributed by atoms with Crippen LogP contribution in [0.15, 0.2) is 47.8 Å². The van der Waals surface area contributed by atoms with E-state index in [2.05, 4.69) is 25.2 Å². The molecule has 2 N–H and O–H groups in total. The van der Waals surface area contributed by atoms with Crippen LogP contribution in [0.5, 0.6) is 5.88 Å². The topological polar surface area (TPSA) is 72.7 Å². The van der Waals surface area contributed by atoms with E-state index in [1.807, 2.05) is 43.6 Å². The molecule has 2 rings (SSSR count). The van der Waals surface area contributed by atoms with Crippen LogP contribution in [0, 0.1) is 0 Å². The van der Waals surface area contributed by atoms with Gasteiger partial charge in [0.2, 0.25) is 5.88 Å². The molecule has 0 aliphatic rings. The predicted octanol–water partition coefficient (Wildman–Crippen LogP) is 2.28. The van der Waals surface area contributed by atoms with E-state index in [4.69, 9.17) is 9.47 Å². The van der Waals surface area contributed by atoms with Crippen molar-refractivity contribution in [2.75, 3.05) is 33.4 Å². The molecule has 0 amide bonds. The van der Waals surface area contributed by atoms with Gasteiger partial charge in [-0.25, -0.2) is 9.98 Å². The van der Waals surface area contributed by atoms with Crippen LogP contribution in [0.25, 0.3) is 0 Å². The lowest BCUT2D eigenvalue weighted by atomic mass is 10.3. The Morgan fingerprint density at radius 2 is 2.00 bits per heavy atom. The third kappa shape index (κ3) is 8.05. The lowest BCUT2D eigenvalue weighted by Gasteiger charge is -2.12. The highest BCUT2D eigenvalue weighted by Crippen LogP contribution is 2.15. The van der Waals surface area contributed by atoms with E-state index in [0.29, 0.717) is 25.6 Å². The first-order valence-corrected chi connectivity index (χ1v) is 8.52. The average Bonchev–Trinajstić information content (AvgIpc) is 3.14. The molecule has 0 spiro atoms. The average molecular weight is 473 g/mol. The standard InChI is InChI=1S/C18H27N5O2.HI/c1-3-19-18(21-9-12-23-10-4-5-11-23)22-15-16-7-6-8-20-17(16)25-14-13-24-2;/h4-8,10-11H,3,9,12-15H2,1-2H3,(H2,19,21,22);1H. The van der Waals surface area contributed by atoms with Crippen LogP contribution in [0.1, 0.15) is 12.5 Å². The lowest BCUT2D eigenvalue weighted by molar-refractivity contribution is 0.143. The van der Waals surface area contributed by atoms with Crippen molar-refractivity contribution in [3.8, 4) is 5.88 Å². The van der Waals surface area contributed by atoms with Crippen LogP contribution in [0.3, 0.4) is 0 Å². The van der Waals surface area contributed by atoms with E-state index in [9.17, 15) is 0 Å². The fourth-order valence-corrected chi connectivity index (χ4v) is 2.22. The Morgan fingerprint density at radius 3 is 2.73 bits per heavy atom. The Morgan fingerprint density at radius 1 is 1.19 bits per heavy atom. The Balaban J connectivity index is 0.00000338. The second kappa shape index (κ2) is 13.4. The minimum Gasteiger partial charge on any atom is -0.475 e. The van der Waals surface area contributed by atoms with Crippen LogP contribution < -0.4 is 15.4 Å². The molecule has 2 aromatic rings. The molecule has 0 saturated carbocycles. The predicted molar refractivity (Wildman–Crippen MR) is 114 cm³/mol. The van der Waals surface area contributed by atoms with Crippen molar-refractivity contribution in [2.24, 2.45) is 4.99 Å². The van der Waals surface area contributed by atoms with E-state index in [1.54, 1.807) is 13.3 Å². The number of nitrogens with zero attached hydrogens (tertiary/aromatic N) is 3.